The SMILES string of the molecule is CCN(CC#N)C(=O)c1ccoc1. The van der Waals surface area contributed by atoms with Crippen LogP contribution in [0.3, 0.4) is 0 Å². The summed E-state index contributed by atoms with van der Waals surface area (Å²) in [6, 6.07) is 3.52. The lowest BCUT2D eigenvalue weighted by Crippen LogP contribution is -2.30. The highest BCUT2D eigenvalue weighted by Gasteiger charge is 2.13. The van der Waals surface area contributed by atoms with Gasteiger partial charge in [0.05, 0.1) is 17.9 Å². The number of amides is 1. The summed E-state index contributed by atoms with van der Waals surface area (Å²) >= 11 is 0. The summed E-state index contributed by atoms with van der Waals surface area (Å²) in [6.45, 7) is 2.47. The quantitative estimate of drug-likeness (QED) is 0.655. The van der Waals surface area contributed by atoms with Crippen LogP contribution in [0.2, 0.25) is 0 Å². The van der Waals surface area contributed by atoms with E-state index in [2.05, 4.69) is 0 Å². The van der Waals surface area contributed by atoms with Crippen LogP contribution < -0.4 is 0 Å². The van der Waals surface area contributed by atoms with Crippen molar-refractivity contribution in [2.24, 2.45) is 0 Å². The molecule has 0 unspecified atom stereocenters. The van der Waals surface area contributed by atoms with Gasteiger partial charge >= 0.3 is 0 Å². The highest BCUT2D eigenvalue weighted by Crippen LogP contribution is 2.04. The van der Waals surface area contributed by atoms with Gasteiger partial charge < -0.3 is 9.32 Å². The second-order valence-electron chi connectivity index (χ2n) is 2.49. The van der Waals surface area contributed by atoms with Crippen LogP contribution in [0.25, 0.3) is 0 Å². The van der Waals surface area contributed by atoms with E-state index < -0.39 is 0 Å². The highest BCUT2D eigenvalue weighted by molar-refractivity contribution is 5.93. The van der Waals surface area contributed by atoms with Crippen molar-refractivity contribution in [3.63, 3.8) is 0 Å². The van der Waals surface area contributed by atoms with Crippen molar-refractivity contribution >= 4 is 5.91 Å². The zero-order valence-electron chi connectivity index (χ0n) is 7.36. The summed E-state index contributed by atoms with van der Waals surface area (Å²) in [5.41, 5.74) is 0.483. The van der Waals surface area contributed by atoms with E-state index in [1.54, 1.807) is 6.07 Å². The summed E-state index contributed by atoms with van der Waals surface area (Å²) < 4.78 is 4.78. The molecule has 4 heteroatoms. The fraction of sp³-hybridized carbons (Fsp3) is 0.333. The lowest BCUT2D eigenvalue weighted by atomic mass is 10.3. The Morgan fingerprint density at radius 2 is 2.54 bits per heavy atom. The molecule has 0 bridgehead atoms. The van der Waals surface area contributed by atoms with Gasteiger partial charge in [0.1, 0.15) is 12.8 Å². The Labute approximate surface area is 76.4 Å². The molecular formula is C9H10N2O2. The maximum absolute atomic E-state index is 11.5. The normalized spacial score (nSPS) is 9.23. The molecular weight excluding hydrogens is 168 g/mol. The van der Waals surface area contributed by atoms with Gasteiger partial charge in [-0.2, -0.15) is 5.26 Å². The standard InChI is InChI=1S/C9H10N2O2/c1-2-11(5-4-10)9(12)8-3-6-13-7-8/h3,6-7H,2,5H2,1H3. The minimum absolute atomic E-state index is 0.112. The van der Waals surface area contributed by atoms with Crippen molar-refractivity contribution in [1.82, 2.24) is 4.90 Å². The largest absolute Gasteiger partial charge is 0.472 e. The highest BCUT2D eigenvalue weighted by atomic mass is 16.3. The first-order chi connectivity index (χ1) is 6.29. The van der Waals surface area contributed by atoms with Gasteiger partial charge in [0.15, 0.2) is 0 Å². The summed E-state index contributed by atoms with van der Waals surface area (Å²) in [6.07, 6.45) is 2.82. The van der Waals surface area contributed by atoms with Crippen molar-refractivity contribution in [3.05, 3.63) is 24.2 Å². The van der Waals surface area contributed by atoms with E-state index in [0.717, 1.165) is 0 Å². The number of hydrogen-bond donors (Lipinski definition) is 0. The molecule has 1 aromatic rings. The minimum Gasteiger partial charge on any atom is -0.472 e. The first kappa shape index (κ1) is 9.33. The molecule has 0 aliphatic heterocycles. The van der Waals surface area contributed by atoms with Gasteiger partial charge in [-0.1, -0.05) is 0 Å². The van der Waals surface area contributed by atoms with Crippen LogP contribution in [0.5, 0.6) is 0 Å². The Morgan fingerprint density at radius 3 is 3.00 bits per heavy atom. The van der Waals surface area contributed by atoms with Crippen molar-refractivity contribution in [2.75, 3.05) is 13.1 Å². The predicted octanol–water partition coefficient (Wildman–Crippen LogP) is 1.27. The van der Waals surface area contributed by atoms with Crippen molar-refractivity contribution in [1.29, 1.82) is 5.26 Å². The molecule has 0 atom stereocenters. The fourth-order valence-corrected chi connectivity index (χ4v) is 0.981. The van der Waals surface area contributed by atoms with E-state index in [-0.39, 0.29) is 12.5 Å². The zero-order valence-corrected chi connectivity index (χ0v) is 7.36. The van der Waals surface area contributed by atoms with Gasteiger partial charge in [-0.3, -0.25) is 4.79 Å². The molecule has 0 radical (unpaired) electrons. The number of hydrogen-bond acceptors (Lipinski definition) is 3. The number of nitriles is 1. The van der Waals surface area contributed by atoms with Crippen LogP contribution in [0.1, 0.15) is 17.3 Å². The topological polar surface area (TPSA) is 57.2 Å². The Hall–Kier alpha value is -1.76. The Kier molecular flexibility index (Phi) is 3.09. The van der Waals surface area contributed by atoms with Crippen molar-refractivity contribution < 1.29 is 9.21 Å². The van der Waals surface area contributed by atoms with Gasteiger partial charge in [0.2, 0.25) is 0 Å². The Balaban J connectivity index is 2.72. The predicted molar refractivity (Wildman–Crippen MR) is 45.9 cm³/mol. The third-order valence-electron chi connectivity index (χ3n) is 1.70. The van der Waals surface area contributed by atoms with E-state index in [0.29, 0.717) is 12.1 Å². The molecule has 0 aliphatic rings. The maximum Gasteiger partial charge on any atom is 0.257 e. The molecule has 68 valence electrons. The van der Waals surface area contributed by atoms with Gasteiger partial charge in [0.25, 0.3) is 5.91 Å². The van der Waals surface area contributed by atoms with Gasteiger partial charge in [-0.25, -0.2) is 0 Å². The van der Waals surface area contributed by atoms with Crippen LogP contribution >= 0.6 is 0 Å². The van der Waals surface area contributed by atoms with E-state index in [1.165, 1.54) is 17.4 Å². The average molecular weight is 178 g/mol. The molecule has 0 spiro atoms. The van der Waals surface area contributed by atoms with E-state index in [1.807, 2.05) is 13.0 Å². The lowest BCUT2D eigenvalue weighted by Gasteiger charge is -2.15. The van der Waals surface area contributed by atoms with E-state index >= 15 is 0 Å². The van der Waals surface area contributed by atoms with Crippen molar-refractivity contribution in [2.45, 2.75) is 6.92 Å². The molecule has 1 rings (SSSR count). The smallest absolute Gasteiger partial charge is 0.257 e. The Morgan fingerprint density at radius 1 is 1.77 bits per heavy atom. The summed E-state index contributed by atoms with van der Waals surface area (Å²) in [5, 5.41) is 8.45. The average Bonchev–Trinajstić information content (AvgIpc) is 2.65. The van der Waals surface area contributed by atoms with Crippen LogP contribution in [0, 0.1) is 11.3 Å². The van der Waals surface area contributed by atoms with Gasteiger partial charge in [-0.15, -0.1) is 0 Å². The number of nitrogens with zero attached hydrogens (tertiary/aromatic N) is 2. The van der Waals surface area contributed by atoms with E-state index in [9.17, 15) is 4.79 Å². The number of carbonyl (C=O) groups excluding carboxylic acids is 1. The summed E-state index contributed by atoms with van der Waals surface area (Å²) in [4.78, 5) is 13.0. The molecule has 1 amide bonds. The molecule has 0 saturated carbocycles. The zero-order chi connectivity index (χ0) is 9.68. The van der Waals surface area contributed by atoms with Gasteiger partial charge in [-0.05, 0) is 13.0 Å². The molecule has 0 saturated heterocycles. The molecule has 0 fully saturated rings. The van der Waals surface area contributed by atoms with Crippen molar-refractivity contribution in [3.8, 4) is 6.07 Å². The third kappa shape index (κ3) is 2.09. The second kappa shape index (κ2) is 4.31. The molecule has 0 aromatic carbocycles. The molecule has 0 N–H and O–H groups in total. The summed E-state index contributed by atoms with van der Waals surface area (Å²) in [7, 11) is 0. The molecule has 0 aliphatic carbocycles. The first-order valence-electron chi connectivity index (χ1n) is 3.98. The lowest BCUT2D eigenvalue weighted by molar-refractivity contribution is 0.0783. The minimum atomic E-state index is -0.169. The Bertz CT molecular complexity index is 311. The number of rotatable bonds is 3. The van der Waals surface area contributed by atoms with Gasteiger partial charge in [0, 0.05) is 6.54 Å². The van der Waals surface area contributed by atoms with E-state index in [4.69, 9.17) is 9.68 Å². The molecule has 1 aromatic heterocycles. The number of carbonyl (C=O) groups is 1. The molecule has 4 nitrogen and oxygen atoms in total. The van der Waals surface area contributed by atoms with Crippen LogP contribution in [0.15, 0.2) is 23.0 Å². The van der Waals surface area contributed by atoms with Crippen LogP contribution in [-0.4, -0.2) is 23.9 Å². The molecule has 1 heterocycles. The third-order valence-corrected chi connectivity index (χ3v) is 1.70. The number of furan rings is 1. The maximum atomic E-state index is 11.5. The van der Waals surface area contributed by atoms with Crippen LogP contribution in [-0.2, 0) is 0 Å². The van der Waals surface area contributed by atoms with Crippen LogP contribution in [0.4, 0.5) is 0 Å². The second-order valence-corrected chi connectivity index (χ2v) is 2.49. The fourth-order valence-electron chi connectivity index (χ4n) is 0.981. The summed E-state index contributed by atoms with van der Waals surface area (Å²) in [5.74, 6) is -0.169. The first-order valence-corrected chi connectivity index (χ1v) is 3.98. The molecule has 13 heavy (non-hydrogen) atoms. The monoisotopic (exact) mass is 178 g/mol.